The largest absolute Gasteiger partial charge is 0.478 e. The highest BCUT2D eigenvalue weighted by atomic mass is 32.2. The van der Waals surface area contributed by atoms with Crippen molar-refractivity contribution in [3.05, 3.63) is 12.2 Å². The van der Waals surface area contributed by atoms with E-state index in [1.807, 2.05) is 0 Å². The first-order valence-corrected chi connectivity index (χ1v) is 4.94. The molecule has 0 aromatic carbocycles. The number of carbonyl (C=O) groups is 1. The van der Waals surface area contributed by atoms with Gasteiger partial charge in [0.25, 0.3) is 10.1 Å². The SMILES string of the molecule is C=C(C)C(=O)O.CC(C)S(=O)(=O)O. The Bertz CT molecular complexity index is 263. The Labute approximate surface area is 77.8 Å². The van der Waals surface area contributed by atoms with E-state index in [1.54, 1.807) is 0 Å². The van der Waals surface area contributed by atoms with Gasteiger partial charge in [-0.25, -0.2) is 4.79 Å². The second kappa shape index (κ2) is 5.71. The minimum absolute atomic E-state index is 0.176. The van der Waals surface area contributed by atoms with Gasteiger partial charge in [0.1, 0.15) is 0 Å². The first-order valence-electron chi connectivity index (χ1n) is 3.44. The highest BCUT2D eigenvalue weighted by molar-refractivity contribution is 7.86. The van der Waals surface area contributed by atoms with Crippen molar-refractivity contribution in [2.24, 2.45) is 0 Å². The molecule has 0 rings (SSSR count). The third-order valence-electron chi connectivity index (χ3n) is 0.961. The van der Waals surface area contributed by atoms with Crippen molar-refractivity contribution in [1.29, 1.82) is 0 Å². The van der Waals surface area contributed by atoms with Crippen LogP contribution in [0.1, 0.15) is 20.8 Å². The Balaban J connectivity index is 0. The Morgan fingerprint density at radius 1 is 1.38 bits per heavy atom. The van der Waals surface area contributed by atoms with Crippen molar-refractivity contribution < 1.29 is 22.9 Å². The number of carboxylic acid groups (broad SMARTS) is 1. The van der Waals surface area contributed by atoms with Crippen molar-refractivity contribution in [2.75, 3.05) is 0 Å². The van der Waals surface area contributed by atoms with E-state index >= 15 is 0 Å². The minimum atomic E-state index is -3.74. The van der Waals surface area contributed by atoms with Gasteiger partial charge in [0.05, 0.1) is 5.25 Å². The van der Waals surface area contributed by atoms with Crippen LogP contribution in [0, 0.1) is 0 Å². The highest BCUT2D eigenvalue weighted by Gasteiger charge is 2.08. The predicted molar refractivity (Wildman–Crippen MR) is 49.1 cm³/mol. The summed E-state index contributed by atoms with van der Waals surface area (Å²) in [6.45, 7) is 7.43. The van der Waals surface area contributed by atoms with Crippen LogP contribution in [-0.4, -0.2) is 29.3 Å². The summed E-state index contributed by atoms with van der Waals surface area (Å²) in [7, 11) is -3.74. The van der Waals surface area contributed by atoms with E-state index in [4.69, 9.17) is 9.66 Å². The molecule has 5 nitrogen and oxygen atoms in total. The molecule has 0 aliphatic rings. The fraction of sp³-hybridized carbons (Fsp3) is 0.571. The van der Waals surface area contributed by atoms with E-state index in [-0.39, 0.29) is 5.57 Å². The zero-order valence-corrected chi connectivity index (χ0v) is 8.63. The maximum absolute atomic E-state index is 9.89. The van der Waals surface area contributed by atoms with Gasteiger partial charge in [-0.15, -0.1) is 0 Å². The van der Waals surface area contributed by atoms with Gasteiger partial charge in [-0.3, -0.25) is 4.55 Å². The lowest BCUT2D eigenvalue weighted by atomic mass is 10.4. The molecule has 0 amide bonds. The average molecular weight is 210 g/mol. The Hall–Kier alpha value is -0.880. The molecule has 0 bridgehead atoms. The minimum Gasteiger partial charge on any atom is -0.478 e. The van der Waals surface area contributed by atoms with Gasteiger partial charge in [0, 0.05) is 5.57 Å². The molecule has 0 aliphatic heterocycles. The number of carboxylic acids is 1. The normalized spacial score (nSPS) is 10.2. The molecule has 0 aromatic rings. The molecular weight excluding hydrogens is 196 g/mol. The smallest absolute Gasteiger partial charge is 0.330 e. The lowest BCUT2D eigenvalue weighted by Gasteiger charge is -1.94. The molecule has 0 atom stereocenters. The van der Waals surface area contributed by atoms with Gasteiger partial charge in [-0.2, -0.15) is 8.42 Å². The van der Waals surface area contributed by atoms with Crippen LogP contribution in [0.4, 0.5) is 0 Å². The molecule has 0 unspecified atom stereocenters. The number of rotatable bonds is 2. The van der Waals surface area contributed by atoms with E-state index < -0.39 is 21.3 Å². The Kier molecular flexibility index (Phi) is 6.43. The topological polar surface area (TPSA) is 91.7 Å². The van der Waals surface area contributed by atoms with Crippen LogP contribution >= 0.6 is 0 Å². The number of hydrogen-bond acceptors (Lipinski definition) is 3. The molecule has 0 aromatic heterocycles. The van der Waals surface area contributed by atoms with Crippen LogP contribution in [0.5, 0.6) is 0 Å². The summed E-state index contributed by atoms with van der Waals surface area (Å²) in [5, 5.41) is 7.22. The lowest BCUT2D eigenvalue weighted by Crippen LogP contribution is -2.10. The zero-order chi connectivity index (χ0) is 11.2. The Morgan fingerprint density at radius 2 is 1.54 bits per heavy atom. The van der Waals surface area contributed by atoms with Crippen molar-refractivity contribution >= 4 is 16.1 Å². The van der Waals surface area contributed by atoms with E-state index in [1.165, 1.54) is 20.8 Å². The Morgan fingerprint density at radius 3 is 1.54 bits per heavy atom. The van der Waals surface area contributed by atoms with Crippen LogP contribution in [-0.2, 0) is 14.9 Å². The summed E-state index contributed by atoms with van der Waals surface area (Å²) >= 11 is 0. The lowest BCUT2D eigenvalue weighted by molar-refractivity contribution is -0.132. The quantitative estimate of drug-likeness (QED) is 0.522. The molecular formula is C7H14O5S. The second-order valence-corrected chi connectivity index (χ2v) is 4.62. The summed E-state index contributed by atoms with van der Waals surface area (Å²) in [5.41, 5.74) is 0.176. The van der Waals surface area contributed by atoms with Gasteiger partial charge in [-0.05, 0) is 20.8 Å². The van der Waals surface area contributed by atoms with E-state index in [9.17, 15) is 13.2 Å². The van der Waals surface area contributed by atoms with Crippen LogP contribution in [0.25, 0.3) is 0 Å². The molecule has 0 saturated carbocycles. The molecule has 0 spiro atoms. The molecule has 0 fully saturated rings. The molecule has 2 N–H and O–H groups in total. The molecule has 6 heteroatoms. The van der Waals surface area contributed by atoms with Crippen LogP contribution in [0.15, 0.2) is 12.2 Å². The summed E-state index contributed by atoms with van der Waals surface area (Å²) in [5.74, 6) is -0.935. The fourth-order valence-corrected chi connectivity index (χ4v) is 0. The summed E-state index contributed by atoms with van der Waals surface area (Å²) in [4.78, 5) is 9.60. The molecule has 78 valence electrons. The second-order valence-electron chi connectivity index (χ2n) is 2.65. The van der Waals surface area contributed by atoms with Gasteiger partial charge in [-0.1, -0.05) is 6.58 Å². The molecule has 0 aliphatic carbocycles. The monoisotopic (exact) mass is 210 g/mol. The zero-order valence-electron chi connectivity index (χ0n) is 7.81. The van der Waals surface area contributed by atoms with Gasteiger partial charge in [0.2, 0.25) is 0 Å². The summed E-state index contributed by atoms with van der Waals surface area (Å²) < 4.78 is 27.8. The first kappa shape index (κ1) is 14.6. The van der Waals surface area contributed by atoms with E-state index in [0.29, 0.717) is 0 Å². The van der Waals surface area contributed by atoms with E-state index in [0.717, 1.165) is 0 Å². The molecule has 0 heterocycles. The highest BCUT2D eigenvalue weighted by Crippen LogP contribution is 1.91. The van der Waals surface area contributed by atoms with Gasteiger partial charge in [0.15, 0.2) is 0 Å². The van der Waals surface area contributed by atoms with Gasteiger partial charge < -0.3 is 5.11 Å². The van der Waals surface area contributed by atoms with Gasteiger partial charge >= 0.3 is 5.97 Å². The third kappa shape index (κ3) is 11.1. The van der Waals surface area contributed by atoms with Crippen molar-refractivity contribution in [3.8, 4) is 0 Å². The summed E-state index contributed by atoms with van der Waals surface area (Å²) in [6.07, 6.45) is 0. The van der Waals surface area contributed by atoms with Crippen molar-refractivity contribution in [1.82, 2.24) is 0 Å². The number of aliphatic carboxylic acids is 1. The van der Waals surface area contributed by atoms with Crippen molar-refractivity contribution in [2.45, 2.75) is 26.0 Å². The predicted octanol–water partition coefficient (Wildman–Crippen LogP) is 0.930. The summed E-state index contributed by atoms with van der Waals surface area (Å²) in [6, 6.07) is 0. The molecule has 0 saturated heterocycles. The maximum Gasteiger partial charge on any atom is 0.330 e. The van der Waals surface area contributed by atoms with Crippen molar-refractivity contribution in [3.63, 3.8) is 0 Å². The van der Waals surface area contributed by atoms with E-state index in [2.05, 4.69) is 6.58 Å². The maximum atomic E-state index is 9.89. The fourth-order valence-electron chi connectivity index (χ4n) is 0. The number of hydrogen-bond donors (Lipinski definition) is 2. The van der Waals surface area contributed by atoms with Crippen LogP contribution in [0.2, 0.25) is 0 Å². The average Bonchev–Trinajstić information content (AvgIpc) is 1.86. The molecule has 13 heavy (non-hydrogen) atoms. The third-order valence-corrected chi connectivity index (χ3v) is 2.15. The van der Waals surface area contributed by atoms with Crippen LogP contribution in [0.3, 0.4) is 0 Å². The standard InChI is InChI=1S/C4H6O2.C3H8O3S/c1-3(2)4(5)6;1-3(2)7(4,5)6/h1H2,2H3,(H,5,6);3H,1-2H3,(H,4,5,6). The van der Waals surface area contributed by atoms with Crippen LogP contribution < -0.4 is 0 Å². The first-order chi connectivity index (χ1) is 5.59. The molecule has 0 radical (unpaired) electrons.